The summed E-state index contributed by atoms with van der Waals surface area (Å²) >= 11 is 0. The Morgan fingerprint density at radius 2 is 1.59 bits per heavy atom. The smallest absolute Gasteiger partial charge is 0.157 e. The molecular formula is C15H30O2. The van der Waals surface area contributed by atoms with Gasteiger partial charge in [0.2, 0.25) is 0 Å². The molecule has 102 valence electrons. The van der Waals surface area contributed by atoms with Gasteiger partial charge in [0.05, 0.1) is 12.7 Å². The van der Waals surface area contributed by atoms with Gasteiger partial charge in [-0.05, 0) is 26.2 Å². The SMILES string of the molecule is CCCCCCCCCC[C@H]1OCC[C@H](C)O1. The van der Waals surface area contributed by atoms with Gasteiger partial charge >= 0.3 is 0 Å². The first-order valence-electron chi connectivity index (χ1n) is 7.60. The van der Waals surface area contributed by atoms with E-state index in [0.717, 1.165) is 19.4 Å². The molecule has 0 bridgehead atoms. The summed E-state index contributed by atoms with van der Waals surface area (Å²) in [7, 11) is 0. The van der Waals surface area contributed by atoms with Gasteiger partial charge in [0.25, 0.3) is 0 Å². The monoisotopic (exact) mass is 242 g/mol. The van der Waals surface area contributed by atoms with Gasteiger partial charge in [-0.15, -0.1) is 0 Å². The summed E-state index contributed by atoms with van der Waals surface area (Å²) in [6.07, 6.45) is 13.6. The molecular weight excluding hydrogens is 212 g/mol. The fraction of sp³-hybridized carbons (Fsp3) is 1.00. The highest BCUT2D eigenvalue weighted by atomic mass is 16.7. The highest BCUT2D eigenvalue weighted by Gasteiger charge is 2.18. The zero-order valence-corrected chi connectivity index (χ0v) is 11.7. The largest absolute Gasteiger partial charge is 0.353 e. The van der Waals surface area contributed by atoms with Crippen LogP contribution >= 0.6 is 0 Å². The van der Waals surface area contributed by atoms with Crippen molar-refractivity contribution in [2.24, 2.45) is 0 Å². The molecule has 0 aliphatic carbocycles. The van der Waals surface area contributed by atoms with Crippen LogP contribution in [0.15, 0.2) is 0 Å². The van der Waals surface area contributed by atoms with Gasteiger partial charge in [-0.1, -0.05) is 51.9 Å². The molecule has 0 aromatic rings. The zero-order chi connectivity index (χ0) is 12.3. The Hall–Kier alpha value is -0.0800. The number of ether oxygens (including phenoxy) is 2. The maximum Gasteiger partial charge on any atom is 0.157 e. The molecule has 1 heterocycles. The summed E-state index contributed by atoms with van der Waals surface area (Å²) in [6, 6.07) is 0. The molecule has 1 aliphatic rings. The summed E-state index contributed by atoms with van der Waals surface area (Å²) < 4.78 is 11.3. The fourth-order valence-corrected chi connectivity index (χ4v) is 2.33. The summed E-state index contributed by atoms with van der Waals surface area (Å²) in [4.78, 5) is 0. The van der Waals surface area contributed by atoms with Crippen LogP contribution in [0.4, 0.5) is 0 Å². The van der Waals surface area contributed by atoms with Crippen molar-refractivity contribution in [3.05, 3.63) is 0 Å². The first-order valence-corrected chi connectivity index (χ1v) is 7.60. The van der Waals surface area contributed by atoms with Crippen molar-refractivity contribution in [3.63, 3.8) is 0 Å². The molecule has 0 spiro atoms. The van der Waals surface area contributed by atoms with Crippen LogP contribution in [0.3, 0.4) is 0 Å². The van der Waals surface area contributed by atoms with Crippen LogP contribution in [0.5, 0.6) is 0 Å². The lowest BCUT2D eigenvalue weighted by Gasteiger charge is -2.28. The first kappa shape index (κ1) is 15.0. The van der Waals surface area contributed by atoms with E-state index in [-0.39, 0.29) is 6.29 Å². The lowest BCUT2D eigenvalue weighted by atomic mass is 10.1. The molecule has 0 radical (unpaired) electrons. The number of hydrogen-bond acceptors (Lipinski definition) is 2. The zero-order valence-electron chi connectivity index (χ0n) is 11.7. The molecule has 0 amide bonds. The van der Waals surface area contributed by atoms with Crippen LogP contribution in [-0.4, -0.2) is 19.0 Å². The van der Waals surface area contributed by atoms with Gasteiger partial charge in [0.1, 0.15) is 0 Å². The lowest BCUT2D eigenvalue weighted by molar-refractivity contribution is -0.210. The molecule has 0 aromatic heterocycles. The summed E-state index contributed by atoms with van der Waals surface area (Å²) in [5, 5.41) is 0. The van der Waals surface area contributed by atoms with Gasteiger partial charge in [-0.2, -0.15) is 0 Å². The summed E-state index contributed by atoms with van der Waals surface area (Å²) in [5.74, 6) is 0. The van der Waals surface area contributed by atoms with Crippen molar-refractivity contribution in [1.82, 2.24) is 0 Å². The Labute approximate surface area is 107 Å². The first-order chi connectivity index (χ1) is 8.33. The molecule has 1 aliphatic heterocycles. The van der Waals surface area contributed by atoms with Crippen LogP contribution in [-0.2, 0) is 9.47 Å². The van der Waals surface area contributed by atoms with Crippen LogP contribution in [0.25, 0.3) is 0 Å². The Balaban J connectivity index is 1.83. The quantitative estimate of drug-likeness (QED) is 0.547. The topological polar surface area (TPSA) is 18.5 Å². The van der Waals surface area contributed by atoms with E-state index in [2.05, 4.69) is 13.8 Å². The standard InChI is InChI=1S/C15H30O2/c1-3-4-5-6-7-8-9-10-11-15-16-13-12-14(2)17-15/h14-15H,3-13H2,1-2H3/t14-,15-/m0/s1. The van der Waals surface area contributed by atoms with Gasteiger partial charge in [-0.3, -0.25) is 0 Å². The second-order valence-corrected chi connectivity index (χ2v) is 5.30. The Kier molecular flexibility index (Phi) is 8.72. The molecule has 0 saturated carbocycles. The van der Waals surface area contributed by atoms with Gasteiger partial charge in [0, 0.05) is 0 Å². The third-order valence-corrected chi connectivity index (χ3v) is 3.51. The number of rotatable bonds is 9. The molecule has 17 heavy (non-hydrogen) atoms. The van der Waals surface area contributed by atoms with E-state index in [1.807, 2.05) is 0 Å². The maximum absolute atomic E-state index is 5.72. The van der Waals surface area contributed by atoms with Gasteiger partial charge in [0.15, 0.2) is 6.29 Å². The summed E-state index contributed by atoms with van der Waals surface area (Å²) in [6.45, 7) is 5.29. The van der Waals surface area contributed by atoms with Crippen molar-refractivity contribution in [2.75, 3.05) is 6.61 Å². The number of unbranched alkanes of at least 4 members (excludes halogenated alkanes) is 7. The molecule has 1 rings (SSSR count). The van der Waals surface area contributed by atoms with Crippen LogP contribution in [0, 0.1) is 0 Å². The van der Waals surface area contributed by atoms with E-state index >= 15 is 0 Å². The van der Waals surface area contributed by atoms with Crippen molar-refractivity contribution in [1.29, 1.82) is 0 Å². The van der Waals surface area contributed by atoms with E-state index in [9.17, 15) is 0 Å². The highest BCUT2D eigenvalue weighted by Crippen LogP contribution is 2.18. The average molecular weight is 242 g/mol. The molecule has 2 nitrogen and oxygen atoms in total. The summed E-state index contributed by atoms with van der Waals surface area (Å²) in [5.41, 5.74) is 0. The van der Waals surface area contributed by atoms with Crippen molar-refractivity contribution in [2.45, 2.75) is 90.4 Å². The average Bonchev–Trinajstić information content (AvgIpc) is 2.33. The molecule has 1 fully saturated rings. The fourth-order valence-electron chi connectivity index (χ4n) is 2.33. The van der Waals surface area contributed by atoms with Crippen LogP contribution in [0.1, 0.15) is 78.1 Å². The molecule has 0 unspecified atom stereocenters. The van der Waals surface area contributed by atoms with Crippen molar-refractivity contribution in [3.8, 4) is 0 Å². The van der Waals surface area contributed by atoms with Gasteiger partial charge < -0.3 is 9.47 Å². The lowest BCUT2D eigenvalue weighted by Crippen LogP contribution is -2.30. The third kappa shape index (κ3) is 7.77. The minimum Gasteiger partial charge on any atom is -0.353 e. The van der Waals surface area contributed by atoms with E-state index in [0.29, 0.717) is 6.10 Å². The molecule has 2 heteroatoms. The predicted molar refractivity (Wildman–Crippen MR) is 72.1 cm³/mol. The maximum atomic E-state index is 5.72. The van der Waals surface area contributed by atoms with Crippen molar-refractivity contribution >= 4 is 0 Å². The molecule has 1 saturated heterocycles. The highest BCUT2D eigenvalue weighted by molar-refractivity contribution is 4.59. The van der Waals surface area contributed by atoms with Crippen LogP contribution < -0.4 is 0 Å². The number of hydrogen-bond donors (Lipinski definition) is 0. The molecule has 0 aromatic carbocycles. The van der Waals surface area contributed by atoms with Crippen molar-refractivity contribution < 1.29 is 9.47 Å². The minimum absolute atomic E-state index is 0.0823. The second-order valence-electron chi connectivity index (χ2n) is 5.30. The predicted octanol–water partition coefficient (Wildman–Crippen LogP) is 4.67. The van der Waals surface area contributed by atoms with E-state index in [4.69, 9.17) is 9.47 Å². The van der Waals surface area contributed by atoms with E-state index in [1.54, 1.807) is 0 Å². The molecule has 2 atom stereocenters. The van der Waals surface area contributed by atoms with E-state index in [1.165, 1.54) is 51.4 Å². The Morgan fingerprint density at radius 1 is 0.941 bits per heavy atom. The third-order valence-electron chi connectivity index (χ3n) is 3.51. The second kappa shape index (κ2) is 9.90. The molecule has 0 N–H and O–H groups in total. The van der Waals surface area contributed by atoms with E-state index < -0.39 is 0 Å². The Morgan fingerprint density at radius 3 is 2.24 bits per heavy atom. The normalized spacial score (nSPS) is 25.1. The minimum atomic E-state index is 0.0823. The van der Waals surface area contributed by atoms with Crippen LogP contribution in [0.2, 0.25) is 0 Å². The Bertz CT molecular complexity index is 170. The van der Waals surface area contributed by atoms with Gasteiger partial charge in [-0.25, -0.2) is 0 Å².